The summed E-state index contributed by atoms with van der Waals surface area (Å²) in [5.41, 5.74) is 2.07. The van der Waals surface area contributed by atoms with Crippen molar-refractivity contribution < 1.29 is 0 Å². The third-order valence-electron chi connectivity index (χ3n) is 4.28. The molecule has 0 radical (unpaired) electrons. The van der Waals surface area contributed by atoms with Crippen molar-refractivity contribution in [3.8, 4) is 6.07 Å². The van der Waals surface area contributed by atoms with Crippen molar-refractivity contribution in [2.24, 2.45) is 11.8 Å². The minimum absolute atomic E-state index is 0. The van der Waals surface area contributed by atoms with Crippen molar-refractivity contribution in [3.05, 3.63) is 35.4 Å². The number of fused-ring (bicyclic) bond motifs is 1. The molecule has 0 saturated carbocycles. The molecule has 4 heteroatoms. The fourth-order valence-electron chi connectivity index (χ4n) is 3.20. The molecule has 1 aromatic carbocycles. The van der Waals surface area contributed by atoms with Crippen molar-refractivity contribution in [1.82, 2.24) is 10.2 Å². The molecule has 102 valence electrons. The Balaban J connectivity index is 0.00000133. The predicted octanol–water partition coefficient (Wildman–Crippen LogP) is 2.02. The first-order valence-electron chi connectivity index (χ1n) is 6.77. The van der Waals surface area contributed by atoms with Gasteiger partial charge in [-0.1, -0.05) is 12.1 Å². The van der Waals surface area contributed by atoms with Crippen LogP contribution in [-0.4, -0.2) is 31.1 Å². The Labute approximate surface area is 121 Å². The molecule has 1 aromatic rings. The number of piperidine rings is 1. The highest BCUT2D eigenvalue weighted by Crippen LogP contribution is 2.27. The van der Waals surface area contributed by atoms with Crippen LogP contribution < -0.4 is 5.32 Å². The largest absolute Gasteiger partial charge is 0.316 e. The number of hydrogen-bond acceptors (Lipinski definition) is 3. The minimum atomic E-state index is 0. The van der Waals surface area contributed by atoms with Crippen molar-refractivity contribution in [3.63, 3.8) is 0 Å². The van der Waals surface area contributed by atoms with E-state index in [0.717, 1.165) is 23.9 Å². The molecule has 2 heterocycles. The molecule has 2 aliphatic rings. The Morgan fingerprint density at radius 3 is 2.68 bits per heavy atom. The van der Waals surface area contributed by atoms with Crippen LogP contribution in [0.3, 0.4) is 0 Å². The van der Waals surface area contributed by atoms with E-state index >= 15 is 0 Å². The van der Waals surface area contributed by atoms with Gasteiger partial charge in [-0.05, 0) is 55.6 Å². The lowest BCUT2D eigenvalue weighted by Gasteiger charge is -2.34. The monoisotopic (exact) mass is 277 g/mol. The molecule has 2 fully saturated rings. The lowest BCUT2D eigenvalue weighted by Crippen LogP contribution is -2.39. The highest BCUT2D eigenvalue weighted by atomic mass is 35.5. The zero-order valence-electron chi connectivity index (χ0n) is 11.0. The zero-order valence-corrected chi connectivity index (χ0v) is 11.8. The van der Waals surface area contributed by atoms with Crippen LogP contribution in [0.2, 0.25) is 0 Å². The second-order valence-electron chi connectivity index (χ2n) is 5.51. The Morgan fingerprint density at radius 2 is 1.95 bits per heavy atom. The van der Waals surface area contributed by atoms with E-state index in [1.807, 2.05) is 12.1 Å². The molecule has 2 saturated heterocycles. The highest BCUT2D eigenvalue weighted by Gasteiger charge is 2.32. The lowest BCUT2D eigenvalue weighted by atomic mass is 9.88. The van der Waals surface area contributed by atoms with E-state index in [1.165, 1.54) is 38.2 Å². The van der Waals surface area contributed by atoms with E-state index < -0.39 is 0 Å². The maximum absolute atomic E-state index is 8.79. The fourth-order valence-corrected chi connectivity index (χ4v) is 3.20. The van der Waals surface area contributed by atoms with Crippen molar-refractivity contribution in [1.29, 1.82) is 5.26 Å². The van der Waals surface area contributed by atoms with Gasteiger partial charge in [-0.25, -0.2) is 0 Å². The quantitative estimate of drug-likeness (QED) is 0.899. The van der Waals surface area contributed by atoms with E-state index in [2.05, 4.69) is 28.4 Å². The molecule has 1 N–H and O–H groups in total. The van der Waals surface area contributed by atoms with Gasteiger partial charge in [-0.3, -0.25) is 4.90 Å². The maximum Gasteiger partial charge on any atom is 0.0991 e. The van der Waals surface area contributed by atoms with Gasteiger partial charge in [-0.15, -0.1) is 12.4 Å². The van der Waals surface area contributed by atoms with Gasteiger partial charge in [0.25, 0.3) is 0 Å². The molecular weight excluding hydrogens is 258 g/mol. The second kappa shape index (κ2) is 6.38. The van der Waals surface area contributed by atoms with Gasteiger partial charge in [0.05, 0.1) is 11.6 Å². The Hall–Kier alpha value is -1.08. The van der Waals surface area contributed by atoms with E-state index in [4.69, 9.17) is 5.26 Å². The van der Waals surface area contributed by atoms with E-state index in [0.29, 0.717) is 0 Å². The second-order valence-corrected chi connectivity index (χ2v) is 5.51. The number of halogens is 1. The van der Waals surface area contributed by atoms with Crippen LogP contribution in [0.25, 0.3) is 0 Å². The van der Waals surface area contributed by atoms with Gasteiger partial charge < -0.3 is 5.32 Å². The number of nitrogens with one attached hydrogen (secondary N) is 1. The summed E-state index contributed by atoms with van der Waals surface area (Å²) >= 11 is 0. The van der Waals surface area contributed by atoms with Crippen molar-refractivity contribution in [2.45, 2.75) is 13.0 Å². The molecule has 0 bridgehead atoms. The van der Waals surface area contributed by atoms with Gasteiger partial charge in [0.1, 0.15) is 0 Å². The first-order chi connectivity index (χ1) is 8.85. The molecule has 0 amide bonds. The molecule has 0 aliphatic carbocycles. The standard InChI is InChI=1S/C15H19N3.ClH/c16-7-12-1-3-13(4-2-12)10-18-6-5-14-8-17-9-15(14)11-18;/h1-4,14-15,17H,5-6,8-11H2;1H. The molecular formula is C15H20ClN3. The third kappa shape index (κ3) is 3.27. The molecule has 2 aliphatic heterocycles. The number of benzene rings is 1. The van der Waals surface area contributed by atoms with E-state index in [1.54, 1.807) is 0 Å². The minimum Gasteiger partial charge on any atom is -0.316 e. The Bertz CT molecular complexity index is 451. The van der Waals surface area contributed by atoms with Crippen LogP contribution in [0.4, 0.5) is 0 Å². The summed E-state index contributed by atoms with van der Waals surface area (Å²) in [5, 5.41) is 12.3. The van der Waals surface area contributed by atoms with Crippen LogP contribution in [0.15, 0.2) is 24.3 Å². The molecule has 0 spiro atoms. The number of nitrogens with zero attached hydrogens (tertiary/aromatic N) is 2. The third-order valence-corrected chi connectivity index (χ3v) is 4.28. The van der Waals surface area contributed by atoms with Crippen LogP contribution >= 0.6 is 12.4 Å². The van der Waals surface area contributed by atoms with Crippen LogP contribution in [0, 0.1) is 23.2 Å². The Morgan fingerprint density at radius 1 is 1.21 bits per heavy atom. The maximum atomic E-state index is 8.79. The van der Waals surface area contributed by atoms with Gasteiger partial charge >= 0.3 is 0 Å². The molecule has 2 atom stereocenters. The average molecular weight is 278 g/mol. The summed E-state index contributed by atoms with van der Waals surface area (Å²) in [4.78, 5) is 2.55. The van der Waals surface area contributed by atoms with Crippen molar-refractivity contribution in [2.75, 3.05) is 26.2 Å². The van der Waals surface area contributed by atoms with Gasteiger partial charge in [-0.2, -0.15) is 5.26 Å². The summed E-state index contributed by atoms with van der Waals surface area (Å²) in [6.45, 7) is 5.86. The first-order valence-corrected chi connectivity index (χ1v) is 6.77. The van der Waals surface area contributed by atoms with Gasteiger partial charge in [0.15, 0.2) is 0 Å². The van der Waals surface area contributed by atoms with Crippen LogP contribution in [-0.2, 0) is 6.54 Å². The lowest BCUT2D eigenvalue weighted by molar-refractivity contribution is 0.142. The summed E-state index contributed by atoms with van der Waals surface area (Å²) in [6, 6.07) is 10.2. The SMILES string of the molecule is Cl.N#Cc1ccc(CN2CCC3CNCC3C2)cc1. The molecule has 3 nitrogen and oxygen atoms in total. The number of likely N-dealkylation sites (tertiary alicyclic amines) is 1. The van der Waals surface area contributed by atoms with Crippen LogP contribution in [0.5, 0.6) is 0 Å². The summed E-state index contributed by atoms with van der Waals surface area (Å²) in [5.74, 6) is 1.75. The zero-order chi connectivity index (χ0) is 12.4. The van der Waals surface area contributed by atoms with Gasteiger partial charge in [0.2, 0.25) is 0 Å². The van der Waals surface area contributed by atoms with Crippen molar-refractivity contribution >= 4 is 12.4 Å². The molecule has 19 heavy (non-hydrogen) atoms. The summed E-state index contributed by atoms with van der Waals surface area (Å²) in [7, 11) is 0. The van der Waals surface area contributed by atoms with E-state index in [-0.39, 0.29) is 12.4 Å². The molecule has 2 unspecified atom stereocenters. The predicted molar refractivity (Wildman–Crippen MR) is 78.1 cm³/mol. The number of rotatable bonds is 2. The first kappa shape index (κ1) is 14.3. The number of nitriles is 1. The summed E-state index contributed by atoms with van der Waals surface area (Å²) in [6.07, 6.45) is 1.33. The topological polar surface area (TPSA) is 39.1 Å². The average Bonchev–Trinajstić information content (AvgIpc) is 2.87. The normalized spacial score (nSPS) is 26.3. The highest BCUT2D eigenvalue weighted by molar-refractivity contribution is 5.85. The smallest absolute Gasteiger partial charge is 0.0991 e. The van der Waals surface area contributed by atoms with Crippen LogP contribution in [0.1, 0.15) is 17.5 Å². The fraction of sp³-hybridized carbons (Fsp3) is 0.533. The Kier molecular flexibility index (Phi) is 4.81. The summed E-state index contributed by atoms with van der Waals surface area (Å²) < 4.78 is 0. The number of hydrogen-bond donors (Lipinski definition) is 1. The van der Waals surface area contributed by atoms with E-state index in [9.17, 15) is 0 Å². The molecule has 3 rings (SSSR count). The molecule has 0 aromatic heterocycles. The van der Waals surface area contributed by atoms with Gasteiger partial charge in [0, 0.05) is 13.1 Å².